The number of nitrogens with zero attached hydrogens (tertiary/aromatic N) is 2. The lowest BCUT2D eigenvalue weighted by Gasteiger charge is -2.25. The van der Waals surface area contributed by atoms with Gasteiger partial charge in [-0.2, -0.15) is 5.10 Å². The van der Waals surface area contributed by atoms with Crippen molar-refractivity contribution in [1.29, 1.82) is 0 Å². The van der Waals surface area contributed by atoms with Gasteiger partial charge in [0.2, 0.25) is 0 Å². The van der Waals surface area contributed by atoms with Crippen LogP contribution in [0.1, 0.15) is 19.3 Å². The second kappa shape index (κ2) is 5.36. The van der Waals surface area contributed by atoms with Crippen molar-refractivity contribution in [3.63, 3.8) is 0 Å². The third-order valence-corrected chi connectivity index (χ3v) is 3.47. The highest BCUT2D eigenvalue weighted by atomic mass is 16.6. The van der Waals surface area contributed by atoms with Crippen molar-refractivity contribution in [1.82, 2.24) is 9.78 Å². The van der Waals surface area contributed by atoms with E-state index in [-0.39, 0.29) is 12.2 Å². The van der Waals surface area contributed by atoms with Crippen LogP contribution >= 0.6 is 0 Å². The minimum absolute atomic E-state index is 0.0940. The summed E-state index contributed by atoms with van der Waals surface area (Å²) in [5.74, 6) is 0. The average molecular weight is 271 g/mol. The van der Waals surface area contributed by atoms with Crippen molar-refractivity contribution in [3.05, 3.63) is 36.7 Å². The Labute approximate surface area is 117 Å². The maximum atomic E-state index is 11.7. The van der Waals surface area contributed by atoms with Crippen LogP contribution in [0, 0.1) is 0 Å². The fourth-order valence-corrected chi connectivity index (χ4v) is 2.13. The normalized spacial score (nSPS) is 14.7. The maximum Gasteiger partial charge on any atom is 0.411 e. The molecule has 1 heterocycles. The highest BCUT2D eigenvalue weighted by Crippen LogP contribution is 2.24. The van der Waals surface area contributed by atoms with Crippen molar-refractivity contribution < 1.29 is 9.53 Å². The van der Waals surface area contributed by atoms with Gasteiger partial charge in [0.25, 0.3) is 0 Å². The van der Waals surface area contributed by atoms with Crippen LogP contribution in [0.15, 0.2) is 36.7 Å². The van der Waals surface area contributed by atoms with Crippen molar-refractivity contribution in [2.75, 3.05) is 5.32 Å². The number of hydrogen-bond donors (Lipinski definition) is 1. The number of carbonyl (C=O) groups excluding carboxylic acids is 1. The summed E-state index contributed by atoms with van der Waals surface area (Å²) in [5, 5.41) is 6.92. The van der Waals surface area contributed by atoms with E-state index in [0.717, 1.165) is 36.1 Å². The number of amides is 1. The van der Waals surface area contributed by atoms with Crippen molar-refractivity contribution in [2.45, 2.75) is 25.4 Å². The number of carbonyl (C=O) groups is 1. The molecule has 0 aliphatic heterocycles. The zero-order chi connectivity index (χ0) is 13.9. The van der Waals surface area contributed by atoms with Gasteiger partial charge in [-0.05, 0) is 37.0 Å². The summed E-state index contributed by atoms with van der Waals surface area (Å²) in [4.78, 5) is 11.7. The molecular weight excluding hydrogens is 254 g/mol. The minimum atomic E-state index is -0.377. The van der Waals surface area contributed by atoms with Gasteiger partial charge in [-0.3, -0.25) is 10.00 Å². The molecule has 0 bridgehead atoms. The fraction of sp³-hybridized carbons (Fsp3) is 0.333. The molecule has 1 saturated carbocycles. The summed E-state index contributed by atoms with van der Waals surface area (Å²) in [7, 11) is 1.88. The van der Waals surface area contributed by atoms with E-state index in [1.54, 1.807) is 10.9 Å². The quantitative estimate of drug-likeness (QED) is 0.932. The van der Waals surface area contributed by atoms with Gasteiger partial charge in [-0.1, -0.05) is 12.1 Å². The van der Waals surface area contributed by atoms with Gasteiger partial charge in [0.1, 0.15) is 6.10 Å². The standard InChI is InChI=1S/C15H17N3O2/c1-18-10-12(9-16-18)11-4-2-5-13(8-11)17-15(19)20-14-6-3-7-14/h2,4-5,8-10,14H,3,6-7H2,1H3,(H,17,19). The Morgan fingerprint density at radius 3 is 2.90 bits per heavy atom. The molecule has 1 amide bonds. The lowest BCUT2D eigenvalue weighted by Crippen LogP contribution is -2.27. The van der Waals surface area contributed by atoms with E-state index in [9.17, 15) is 4.79 Å². The van der Waals surface area contributed by atoms with Gasteiger partial charge < -0.3 is 4.74 Å². The lowest BCUT2D eigenvalue weighted by atomic mass is 9.96. The zero-order valence-corrected chi connectivity index (χ0v) is 11.4. The second-order valence-corrected chi connectivity index (χ2v) is 5.07. The Bertz CT molecular complexity index is 617. The predicted octanol–water partition coefficient (Wildman–Crippen LogP) is 3.19. The van der Waals surface area contributed by atoms with Gasteiger partial charge in [0.15, 0.2) is 0 Å². The number of aromatic nitrogens is 2. The second-order valence-electron chi connectivity index (χ2n) is 5.07. The van der Waals surface area contributed by atoms with E-state index in [1.807, 2.05) is 37.5 Å². The number of rotatable bonds is 3. The molecule has 1 N–H and O–H groups in total. The van der Waals surface area contributed by atoms with E-state index in [4.69, 9.17) is 4.74 Å². The van der Waals surface area contributed by atoms with Gasteiger partial charge in [0, 0.05) is 24.5 Å². The van der Waals surface area contributed by atoms with Crippen LogP contribution in [0.3, 0.4) is 0 Å². The summed E-state index contributed by atoms with van der Waals surface area (Å²) >= 11 is 0. The Morgan fingerprint density at radius 2 is 2.25 bits per heavy atom. The number of anilines is 1. The molecule has 0 atom stereocenters. The summed E-state index contributed by atoms with van der Waals surface area (Å²) in [6.07, 6.45) is 6.55. The van der Waals surface area contributed by atoms with Gasteiger partial charge in [0.05, 0.1) is 6.20 Å². The van der Waals surface area contributed by atoms with Crippen molar-refractivity contribution >= 4 is 11.8 Å². The molecular formula is C15H17N3O2. The lowest BCUT2D eigenvalue weighted by molar-refractivity contribution is 0.0624. The predicted molar refractivity (Wildman–Crippen MR) is 76.4 cm³/mol. The molecule has 20 heavy (non-hydrogen) atoms. The molecule has 1 aliphatic rings. The van der Waals surface area contributed by atoms with Gasteiger partial charge >= 0.3 is 6.09 Å². The zero-order valence-electron chi connectivity index (χ0n) is 11.4. The van der Waals surface area contributed by atoms with Crippen LogP contribution in [-0.2, 0) is 11.8 Å². The molecule has 5 nitrogen and oxygen atoms in total. The van der Waals surface area contributed by atoms with Crippen molar-refractivity contribution in [2.24, 2.45) is 7.05 Å². The summed E-state index contributed by atoms with van der Waals surface area (Å²) < 4.78 is 7.02. The summed E-state index contributed by atoms with van der Waals surface area (Å²) in [6, 6.07) is 7.65. The fourth-order valence-electron chi connectivity index (χ4n) is 2.13. The summed E-state index contributed by atoms with van der Waals surface area (Å²) in [6.45, 7) is 0. The first-order valence-electron chi connectivity index (χ1n) is 6.77. The van der Waals surface area contributed by atoms with Crippen LogP contribution < -0.4 is 5.32 Å². The smallest absolute Gasteiger partial charge is 0.411 e. The number of aryl methyl sites for hydroxylation is 1. The molecule has 2 aromatic rings. The molecule has 5 heteroatoms. The topological polar surface area (TPSA) is 56.2 Å². The molecule has 0 unspecified atom stereocenters. The number of nitrogens with one attached hydrogen (secondary N) is 1. The molecule has 3 rings (SSSR count). The Balaban J connectivity index is 1.69. The highest BCUT2D eigenvalue weighted by Gasteiger charge is 2.21. The van der Waals surface area contributed by atoms with E-state index < -0.39 is 0 Å². The number of benzene rings is 1. The number of ether oxygens (including phenoxy) is 1. The monoisotopic (exact) mass is 271 g/mol. The third kappa shape index (κ3) is 2.82. The minimum Gasteiger partial charge on any atom is -0.446 e. The third-order valence-electron chi connectivity index (χ3n) is 3.47. The summed E-state index contributed by atoms with van der Waals surface area (Å²) in [5.41, 5.74) is 2.76. The molecule has 1 aromatic heterocycles. The highest BCUT2D eigenvalue weighted by molar-refractivity contribution is 5.86. The van der Waals surface area contributed by atoms with Crippen LogP contribution in [0.2, 0.25) is 0 Å². The van der Waals surface area contributed by atoms with E-state index in [0.29, 0.717) is 0 Å². The van der Waals surface area contributed by atoms with Gasteiger partial charge in [-0.15, -0.1) is 0 Å². The van der Waals surface area contributed by atoms with Gasteiger partial charge in [-0.25, -0.2) is 4.79 Å². The van der Waals surface area contributed by atoms with E-state index in [2.05, 4.69) is 10.4 Å². The average Bonchev–Trinajstić information content (AvgIpc) is 2.81. The Kier molecular flexibility index (Phi) is 3.41. The van der Waals surface area contributed by atoms with Crippen LogP contribution in [0.5, 0.6) is 0 Å². The van der Waals surface area contributed by atoms with Crippen LogP contribution in [0.25, 0.3) is 11.1 Å². The molecule has 0 radical (unpaired) electrons. The Hall–Kier alpha value is -2.30. The first-order valence-corrected chi connectivity index (χ1v) is 6.77. The largest absolute Gasteiger partial charge is 0.446 e. The first kappa shape index (κ1) is 12.7. The molecule has 104 valence electrons. The van der Waals surface area contributed by atoms with Crippen LogP contribution in [0.4, 0.5) is 10.5 Å². The number of hydrogen-bond acceptors (Lipinski definition) is 3. The first-order chi connectivity index (χ1) is 9.70. The molecule has 0 saturated heterocycles. The Morgan fingerprint density at radius 1 is 1.40 bits per heavy atom. The SMILES string of the molecule is Cn1cc(-c2cccc(NC(=O)OC3CCC3)c2)cn1. The molecule has 1 fully saturated rings. The van der Waals surface area contributed by atoms with E-state index in [1.165, 1.54) is 0 Å². The maximum absolute atomic E-state index is 11.7. The molecule has 1 aromatic carbocycles. The van der Waals surface area contributed by atoms with Crippen LogP contribution in [-0.4, -0.2) is 22.0 Å². The molecule has 0 spiro atoms. The molecule has 1 aliphatic carbocycles. The van der Waals surface area contributed by atoms with Crippen molar-refractivity contribution in [3.8, 4) is 11.1 Å². The van der Waals surface area contributed by atoms with E-state index >= 15 is 0 Å².